The molecule has 106 valence electrons. The maximum Gasteiger partial charge on any atom is 0.227 e. The summed E-state index contributed by atoms with van der Waals surface area (Å²) < 4.78 is 5.83. The Morgan fingerprint density at radius 2 is 2.10 bits per heavy atom. The zero-order valence-corrected chi connectivity index (χ0v) is 12.0. The zero-order chi connectivity index (χ0) is 14.5. The lowest BCUT2D eigenvalue weighted by Gasteiger charge is -2.12. The van der Waals surface area contributed by atoms with Crippen molar-refractivity contribution in [2.24, 2.45) is 0 Å². The van der Waals surface area contributed by atoms with Crippen molar-refractivity contribution in [3.8, 4) is 11.6 Å². The van der Waals surface area contributed by atoms with E-state index in [0.717, 1.165) is 29.2 Å². The molecule has 2 aromatic rings. The van der Waals surface area contributed by atoms with Crippen LogP contribution in [0.5, 0.6) is 11.6 Å². The van der Waals surface area contributed by atoms with Crippen LogP contribution in [0.25, 0.3) is 0 Å². The molecule has 2 N–H and O–H groups in total. The molecule has 0 aliphatic rings. The van der Waals surface area contributed by atoms with Gasteiger partial charge in [0.2, 0.25) is 5.88 Å². The molecule has 1 aromatic carbocycles. The van der Waals surface area contributed by atoms with Gasteiger partial charge < -0.3 is 15.2 Å². The number of aromatic nitrogens is 2. The average molecular weight is 273 g/mol. The van der Waals surface area contributed by atoms with Crippen LogP contribution in [-0.2, 0) is 13.0 Å². The molecule has 0 spiro atoms. The molecule has 1 aromatic heterocycles. The molecular weight excluding hydrogens is 254 g/mol. The number of ether oxygens (including phenoxy) is 1. The van der Waals surface area contributed by atoms with Gasteiger partial charge in [-0.3, -0.25) is 0 Å². The van der Waals surface area contributed by atoms with Crippen LogP contribution >= 0.6 is 0 Å². The number of rotatable bonds is 5. The number of aliphatic hydroxyl groups excluding tert-OH is 1. The van der Waals surface area contributed by atoms with Crippen molar-refractivity contribution in [1.29, 1.82) is 0 Å². The van der Waals surface area contributed by atoms with Crippen LogP contribution in [0.3, 0.4) is 0 Å². The Hall–Kier alpha value is -2.14. The van der Waals surface area contributed by atoms with E-state index in [-0.39, 0.29) is 6.61 Å². The summed E-state index contributed by atoms with van der Waals surface area (Å²) >= 11 is 0. The summed E-state index contributed by atoms with van der Waals surface area (Å²) in [4.78, 5) is 8.82. The van der Waals surface area contributed by atoms with Crippen LogP contribution in [0.2, 0.25) is 0 Å². The van der Waals surface area contributed by atoms with Crippen molar-refractivity contribution >= 4 is 5.82 Å². The summed E-state index contributed by atoms with van der Waals surface area (Å²) in [6.45, 7) is 3.90. The van der Waals surface area contributed by atoms with Crippen LogP contribution in [0.4, 0.5) is 5.82 Å². The molecule has 0 saturated carbocycles. The molecule has 2 rings (SSSR count). The van der Waals surface area contributed by atoms with Crippen LogP contribution < -0.4 is 10.1 Å². The second kappa shape index (κ2) is 6.34. The van der Waals surface area contributed by atoms with Crippen LogP contribution in [0.1, 0.15) is 23.9 Å². The highest BCUT2D eigenvalue weighted by Crippen LogP contribution is 2.27. The Labute approximate surface area is 118 Å². The molecule has 0 fully saturated rings. The fourth-order valence-corrected chi connectivity index (χ4v) is 1.86. The van der Waals surface area contributed by atoms with E-state index in [2.05, 4.69) is 15.3 Å². The fourth-order valence-electron chi connectivity index (χ4n) is 1.86. The van der Waals surface area contributed by atoms with Gasteiger partial charge in [-0.15, -0.1) is 0 Å². The molecule has 0 bridgehead atoms. The van der Waals surface area contributed by atoms with Gasteiger partial charge in [-0.2, -0.15) is 4.98 Å². The molecule has 20 heavy (non-hydrogen) atoms. The van der Waals surface area contributed by atoms with E-state index >= 15 is 0 Å². The van der Waals surface area contributed by atoms with Crippen molar-refractivity contribution < 1.29 is 9.84 Å². The Bertz CT molecular complexity index is 600. The van der Waals surface area contributed by atoms with Crippen LogP contribution in [-0.4, -0.2) is 22.1 Å². The van der Waals surface area contributed by atoms with Gasteiger partial charge in [0.1, 0.15) is 17.4 Å². The monoisotopic (exact) mass is 273 g/mol. The second-order valence-electron chi connectivity index (χ2n) is 4.43. The molecule has 0 aliphatic heterocycles. The lowest BCUT2D eigenvalue weighted by atomic mass is 10.2. The Morgan fingerprint density at radius 1 is 1.30 bits per heavy atom. The van der Waals surface area contributed by atoms with Gasteiger partial charge in [0.15, 0.2) is 0 Å². The van der Waals surface area contributed by atoms with Gasteiger partial charge >= 0.3 is 0 Å². The quantitative estimate of drug-likeness (QED) is 0.876. The fraction of sp³-hybridized carbons (Fsp3) is 0.333. The molecule has 0 radical (unpaired) electrons. The minimum absolute atomic E-state index is 0.0120. The third kappa shape index (κ3) is 3.05. The normalized spacial score (nSPS) is 10.4. The predicted octanol–water partition coefficient (Wildman–Crippen LogP) is 2.67. The van der Waals surface area contributed by atoms with Crippen molar-refractivity contribution in [3.63, 3.8) is 0 Å². The first-order valence-corrected chi connectivity index (χ1v) is 6.60. The molecule has 0 atom stereocenters. The first-order valence-electron chi connectivity index (χ1n) is 6.60. The van der Waals surface area contributed by atoms with Crippen LogP contribution in [0.15, 0.2) is 24.3 Å². The highest BCUT2D eigenvalue weighted by atomic mass is 16.5. The standard InChI is InChI=1S/C15H19N3O2/c1-4-13-17-14(16-3)10(2)15(18-13)20-12-7-5-6-11(8-12)9-19/h5-8,19H,4,9H2,1-3H3,(H,16,17,18). The van der Waals surface area contributed by atoms with Crippen molar-refractivity contribution in [1.82, 2.24) is 9.97 Å². The van der Waals surface area contributed by atoms with Crippen molar-refractivity contribution in [2.75, 3.05) is 12.4 Å². The van der Waals surface area contributed by atoms with Gasteiger partial charge in [0.05, 0.1) is 12.2 Å². The number of hydrogen-bond acceptors (Lipinski definition) is 5. The molecule has 0 unspecified atom stereocenters. The average Bonchev–Trinajstić information content (AvgIpc) is 2.49. The molecule has 5 heteroatoms. The number of nitrogens with one attached hydrogen (secondary N) is 1. The first kappa shape index (κ1) is 14.3. The van der Waals surface area contributed by atoms with E-state index in [1.54, 1.807) is 6.07 Å². The minimum Gasteiger partial charge on any atom is -0.439 e. The molecular formula is C15H19N3O2. The summed E-state index contributed by atoms with van der Waals surface area (Å²) in [5, 5.41) is 12.2. The minimum atomic E-state index is -0.0120. The van der Waals surface area contributed by atoms with Crippen molar-refractivity contribution in [2.45, 2.75) is 26.9 Å². The lowest BCUT2D eigenvalue weighted by Crippen LogP contribution is -2.04. The topological polar surface area (TPSA) is 67.3 Å². The number of anilines is 1. The number of benzene rings is 1. The van der Waals surface area contributed by atoms with E-state index in [9.17, 15) is 0 Å². The van der Waals surface area contributed by atoms with Gasteiger partial charge in [0.25, 0.3) is 0 Å². The van der Waals surface area contributed by atoms with Crippen molar-refractivity contribution in [3.05, 3.63) is 41.2 Å². The summed E-state index contributed by atoms with van der Waals surface area (Å²) in [6.07, 6.45) is 0.738. The van der Waals surface area contributed by atoms with Gasteiger partial charge in [-0.05, 0) is 24.6 Å². The van der Waals surface area contributed by atoms with E-state index in [1.165, 1.54) is 0 Å². The summed E-state index contributed by atoms with van der Waals surface area (Å²) in [5.41, 5.74) is 1.66. The Kier molecular flexibility index (Phi) is 4.53. The maximum atomic E-state index is 9.16. The highest BCUT2D eigenvalue weighted by Gasteiger charge is 2.11. The number of nitrogens with zero attached hydrogens (tertiary/aromatic N) is 2. The SMILES string of the molecule is CCc1nc(NC)c(C)c(Oc2cccc(CO)c2)n1. The first-order chi connectivity index (χ1) is 9.67. The number of hydrogen-bond donors (Lipinski definition) is 2. The Morgan fingerprint density at radius 3 is 2.75 bits per heavy atom. The van der Waals surface area contributed by atoms with E-state index in [1.807, 2.05) is 39.1 Å². The second-order valence-corrected chi connectivity index (χ2v) is 4.43. The van der Waals surface area contributed by atoms with Gasteiger partial charge in [-0.25, -0.2) is 4.98 Å². The predicted molar refractivity (Wildman–Crippen MR) is 78.1 cm³/mol. The maximum absolute atomic E-state index is 9.16. The van der Waals surface area contributed by atoms with E-state index in [0.29, 0.717) is 11.6 Å². The zero-order valence-electron chi connectivity index (χ0n) is 12.0. The molecule has 0 amide bonds. The van der Waals surface area contributed by atoms with Crippen LogP contribution in [0, 0.1) is 6.92 Å². The molecule has 0 saturated heterocycles. The molecule has 0 aliphatic carbocycles. The molecule has 1 heterocycles. The number of aryl methyl sites for hydroxylation is 1. The summed E-state index contributed by atoms with van der Waals surface area (Å²) in [6, 6.07) is 7.32. The summed E-state index contributed by atoms with van der Waals surface area (Å²) in [5.74, 6) is 2.69. The van der Waals surface area contributed by atoms with E-state index in [4.69, 9.17) is 9.84 Å². The summed E-state index contributed by atoms with van der Waals surface area (Å²) in [7, 11) is 1.82. The Balaban J connectivity index is 2.36. The lowest BCUT2D eigenvalue weighted by molar-refractivity contribution is 0.281. The third-order valence-corrected chi connectivity index (χ3v) is 3.00. The number of aliphatic hydroxyl groups is 1. The van der Waals surface area contributed by atoms with Gasteiger partial charge in [-0.1, -0.05) is 19.1 Å². The third-order valence-electron chi connectivity index (χ3n) is 3.00. The highest BCUT2D eigenvalue weighted by molar-refractivity contribution is 5.49. The smallest absolute Gasteiger partial charge is 0.227 e. The van der Waals surface area contributed by atoms with E-state index < -0.39 is 0 Å². The van der Waals surface area contributed by atoms with Gasteiger partial charge in [0, 0.05) is 13.5 Å². The molecule has 5 nitrogen and oxygen atoms in total. The largest absolute Gasteiger partial charge is 0.439 e.